The highest BCUT2D eigenvalue weighted by Gasteiger charge is 2.13. The Balaban J connectivity index is 1.51. The van der Waals surface area contributed by atoms with Crippen molar-refractivity contribution in [1.82, 2.24) is 9.88 Å². The van der Waals surface area contributed by atoms with E-state index < -0.39 is 0 Å². The number of nitrogens with zero attached hydrogens (tertiary/aromatic N) is 2. The minimum absolute atomic E-state index is 0.238. The Morgan fingerprint density at radius 3 is 2.83 bits per heavy atom. The third kappa shape index (κ3) is 4.18. The second-order valence-electron chi connectivity index (χ2n) is 5.42. The van der Waals surface area contributed by atoms with Crippen LogP contribution in [0, 0.1) is 0 Å². The van der Waals surface area contributed by atoms with Crippen LogP contribution in [0.3, 0.4) is 0 Å². The van der Waals surface area contributed by atoms with Gasteiger partial charge in [0.1, 0.15) is 0 Å². The molecular weight excluding hydrogens is 324 g/mol. The summed E-state index contributed by atoms with van der Waals surface area (Å²) in [7, 11) is 0. The van der Waals surface area contributed by atoms with Gasteiger partial charge in [0.25, 0.3) is 0 Å². The van der Waals surface area contributed by atoms with Crippen molar-refractivity contribution >= 4 is 38.8 Å². The molecule has 0 N–H and O–H groups in total. The molecule has 0 radical (unpaired) electrons. The third-order valence-electron chi connectivity index (χ3n) is 3.78. The van der Waals surface area contributed by atoms with Crippen molar-refractivity contribution in [3.05, 3.63) is 51.7 Å². The number of fused-ring (bicyclic) bond motifs is 1. The zero-order valence-corrected chi connectivity index (χ0v) is 14.8. The van der Waals surface area contributed by atoms with Crippen LogP contribution in [0.5, 0.6) is 0 Å². The lowest BCUT2D eigenvalue weighted by Gasteiger charge is -2.20. The second-order valence-corrected chi connectivity index (χ2v) is 7.56. The van der Waals surface area contributed by atoms with Crippen LogP contribution in [0.25, 0.3) is 10.2 Å². The van der Waals surface area contributed by atoms with Crippen LogP contribution in [0.15, 0.2) is 41.8 Å². The number of carbonyl (C=O) groups is 1. The summed E-state index contributed by atoms with van der Waals surface area (Å²) in [5.74, 6) is 0.238. The van der Waals surface area contributed by atoms with Crippen LogP contribution >= 0.6 is 22.7 Å². The van der Waals surface area contributed by atoms with Crippen molar-refractivity contribution in [3.63, 3.8) is 0 Å². The number of carbonyl (C=O) groups excluding carboxylic acids is 1. The van der Waals surface area contributed by atoms with Crippen molar-refractivity contribution in [2.75, 3.05) is 6.54 Å². The average Bonchev–Trinajstić information content (AvgIpc) is 3.21. The summed E-state index contributed by atoms with van der Waals surface area (Å²) in [4.78, 5) is 20.2. The van der Waals surface area contributed by atoms with Gasteiger partial charge in [-0.3, -0.25) is 4.79 Å². The number of thiophene rings is 1. The molecule has 0 spiro atoms. The number of hydrogen-bond acceptors (Lipinski definition) is 4. The largest absolute Gasteiger partial charge is 0.338 e. The number of hydrogen-bond donors (Lipinski definition) is 0. The second kappa shape index (κ2) is 7.70. The Labute approximate surface area is 144 Å². The number of rotatable bonds is 7. The highest BCUT2D eigenvalue weighted by atomic mass is 32.1. The number of aryl methyl sites for hydroxylation is 1. The zero-order valence-electron chi connectivity index (χ0n) is 13.2. The fourth-order valence-electron chi connectivity index (χ4n) is 2.54. The normalized spacial score (nSPS) is 11.0. The van der Waals surface area contributed by atoms with E-state index in [4.69, 9.17) is 0 Å². The minimum Gasteiger partial charge on any atom is -0.338 e. The third-order valence-corrected chi connectivity index (χ3v) is 5.74. The Bertz CT molecular complexity index is 731. The van der Waals surface area contributed by atoms with Gasteiger partial charge in [0.2, 0.25) is 5.91 Å². The van der Waals surface area contributed by atoms with Crippen molar-refractivity contribution in [2.24, 2.45) is 0 Å². The fraction of sp³-hybridized carbons (Fsp3) is 0.333. The van der Waals surface area contributed by atoms with E-state index in [-0.39, 0.29) is 5.91 Å². The molecule has 0 aliphatic rings. The average molecular weight is 345 g/mol. The maximum Gasteiger partial charge on any atom is 0.222 e. The molecule has 1 aromatic carbocycles. The SMILES string of the molecule is CCN(Cc1cccs1)C(=O)CCCc1nc2ccccc2s1. The van der Waals surface area contributed by atoms with Crippen LogP contribution < -0.4 is 0 Å². The van der Waals surface area contributed by atoms with E-state index in [1.807, 2.05) is 36.1 Å². The van der Waals surface area contributed by atoms with Crippen molar-refractivity contribution < 1.29 is 4.79 Å². The molecule has 0 saturated heterocycles. The maximum atomic E-state index is 12.4. The summed E-state index contributed by atoms with van der Waals surface area (Å²) in [6.45, 7) is 3.53. The zero-order chi connectivity index (χ0) is 16.1. The highest BCUT2D eigenvalue weighted by Crippen LogP contribution is 2.23. The number of thiazole rings is 1. The molecule has 2 heterocycles. The smallest absolute Gasteiger partial charge is 0.222 e. The first-order valence-electron chi connectivity index (χ1n) is 7.91. The molecule has 3 nitrogen and oxygen atoms in total. The first-order chi connectivity index (χ1) is 11.3. The van der Waals surface area contributed by atoms with Gasteiger partial charge in [-0.25, -0.2) is 4.98 Å². The predicted molar refractivity (Wildman–Crippen MR) is 98.0 cm³/mol. The van der Waals surface area contributed by atoms with Gasteiger partial charge in [-0.2, -0.15) is 0 Å². The summed E-state index contributed by atoms with van der Waals surface area (Å²) in [6, 6.07) is 12.3. The monoisotopic (exact) mass is 344 g/mol. The van der Waals surface area contributed by atoms with E-state index in [0.717, 1.165) is 36.5 Å². The molecule has 0 aliphatic heterocycles. The van der Waals surface area contributed by atoms with Gasteiger partial charge in [0.15, 0.2) is 0 Å². The number of aromatic nitrogens is 1. The first-order valence-corrected chi connectivity index (χ1v) is 9.60. The van der Waals surface area contributed by atoms with E-state index in [2.05, 4.69) is 22.5 Å². The molecular formula is C18H20N2OS2. The van der Waals surface area contributed by atoms with Crippen LogP contribution in [-0.4, -0.2) is 22.3 Å². The van der Waals surface area contributed by atoms with E-state index in [0.29, 0.717) is 6.42 Å². The van der Waals surface area contributed by atoms with Crippen molar-refractivity contribution in [3.8, 4) is 0 Å². The standard InChI is InChI=1S/C18H20N2OS2/c1-2-20(13-14-7-6-12-22-14)18(21)11-5-10-17-19-15-8-3-4-9-16(15)23-17/h3-4,6-9,12H,2,5,10-11,13H2,1H3. The molecule has 0 saturated carbocycles. The molecule has 1 amide bonds. The minimum atomic E-state index is 0.238. The van der Waals surface area contributed by atoms with Gasteiger partial charge in [-0.05, 0) is 43.3 Å². The topological polar surface area (TPSA) is 33.2 Å². The summed E-state index contributed by atoms with van der Waals surface area (Å²) in [5.41, 5.74) is 1.06. The maximum absolute atomic E-state index is 12.4. The van der Waals surface area contributed by atoms with Crippen molar-refractivity contribution in [2.45, 2.75) is 32.7 Å². The molecule has 0 atom stereocenters. The molecule has 3 rings (SSSR count). The summed E-state index contributed by atoms with van der Waals surface area (Å²) < 4.78 is 1.22. The molecule has 3 aromatic rings. The molecule has 0 aliphatic carbocycles. The fourth-order valence-corrected chi connectivity index (χ4v) is 4.27. The lowest BCUT2D eigenvalue weighted by molar-refractivity contribution is -0.131. The predicted octanol–water partition coefficient (Wildman–Crippen LogP) is 4.73. The van der Waals surface area contributed by atoms with E-state index in [1.54, 1.807) is 22.7 Å². The Morgan fingerprint density at radius 1 is 1.22 bits per heavy atom. The van der Waals surface area contributed by atoms with Gasteiger partial charge >= 0.3 is 0 Å². The van der Waals surface area contributed by atoms with Crippen LogP contribution in [0.1, 0.15) is 29.7 Å². The van der Waals surface area contributed by atoms with Gasteiger partial charge < -0.3 is 4.90 Å². The summed E-state index contributed by atoms with van der Waals surface area (Å²) in [6.07, 6.45) is 2.33. The van der Waals surface area contributed by atoms with Gasteiger partial charge in [-0.1, -0.05) is 18.2 Å². The Hall–Kier alpha value is -1.72. The van der Waals surface area contributed by atoms with E-state index in [1.165, 1.54) is 9.58 Å². The lowest BCUT2D eigenvalue weighted by Crippen LogP contribution is -2.29. The van der Waals surface area contributed by atoms with Gasteiger partial charge in [-0.15, -0.1) is 22.7 Å². The Morgan fingerprint density at radius 2 is 2.09 bits per heavy atom. The highest BCUT2D eigenvalue weighted by molar-refractivity contribution is 7.18. The van der Waals surface area contributed by atoms with Crippen LogP contribution in [0.2, 0.25) is 0 Å². The van der Waals surface area contributed by atoms with Crippen LogP contribution in [-0.2, 0) is 17.8 Å². The van der Waals surface area contributed by atoms with Crippen LogP contribution in [0.4, 0.5) is 0 Å². The van der Waals surface area contributed by atoms with Gasteiger partial charge in [0.05, 0.1) is 21.8 Å². The molecule has 5 heteroatoms. The van der Waals surface area contributed by atoms with Crippen molar-refractivity contribution in [1.29, 1.82) is 0 Å². The molecule has 2 aromatic heterocycles. The summed E-state index contributed by atoms with van der Waals surface area (Å²) in [5, 5.41) is 3.18. The first kappa shape index (κ1) is 16.1. The van der Waals surface area contributed by atoms with Gasteiger partial charge in [0, 0.05) is 17.8 Å². The number of amides is 1. The molecule has 0 unspecified atom stereocenters. The van der Waals surface area contributed by atoms with E-state index in [9.17, 15) is 4.79 Å². The molecule has 23 heavy (non-hydrogen) atoms. The molecule has 120 valence electrons. The molecule has 0 bridgehead atoms. The summed E-state index contributed by atoms with van der Waals surface area (Å²) >= 11 is 3.44. The lowest BCUT2D eigenvalue weighted by atomic mass is 10.2. The quantitative estimate of drug-likeness (QED) is 0.621. The Kier molecular flexibility index (Phi) is 5.41. The number of benzene rings is 1. The number of para-hydroxylation sites is 1. The van der Waals surface area contributed by atoms with E-state index >= 15 is 0 Å². The molecule has 0 fully saturated rings.